The second-order valence-corrected chi connectivity index (χ2v) is 4.15. The number of hydrogen-bond donors (Lipinski definition) is 0. The molecule has 0 aliphatic rings. The summed E-state index contributed by atoms with van der Waals surface area (Å²) in [4.78, 5) is 0. The van der Waals surface area contributed by atoms with E-state index in [1.807, 2.05) is 0 Å². The Kier molecular flexibility index (Phi) is 3.74. The molecule has 0 aliphatic heterocycles. The topological polar surface area (TPSA) is 0 Å². The largest absolute Gasteiger partial charge is 0.0654 e. The normalized spacial score (nSPS) is 10.6. The molecular formula is C14H21. The van der Waals surface area contributed by atoms with Crippen LogP contribution in [-0.2, 0) is 0 Å². The standard InChI is InChI=1S/C14H21/c1-6-7-8-14-9-10(2)11(3)12(4)13(14)5/h8-9H,6-7H2,1-5H3. The first-order valence-electron chi connectivity index (χ1n) is 5.48. The Labute approximate surface area is 88.4 Å². The Balaban J connectivity index is 3.06. The second kappa shape index (κ2) is 4.63. The fourth-order valence-corrected chi connectivity index (χ4v) is 1.76. The summed E-state index contributed by atoms with van der Waals surface area (Å²) < 4.78 is 0. The van der Waals surface area contributed by atoms with Crippen LogP contribution in [0, 0.1) is 34.1 Å². The SMILES string of the molecule is CCC[CH]c1cc(C)c(C)c(C)c1C. The van der Waals surface area contributed by atoms with Crippen molar-refractivity contribution in [2.75, 3.05) is 0 Å². The second-order valence-electron chi connectivity index (χ2n) is 4.15. The first-order valence-corrected chi connectivity index (χ1v) is 5.48. The van der Waals surface area contributed by atoms with Crippen LogP contribution in [0.3, 0.4) is 0 Å². The maximum absolute atomic E-state index is 2.36. The van der Waals surface area contributed by atoms with E-state index in [1.165, 1.54) is 40.7 Å². The monoisotopic (exact) mass is 189 g/mol. The van der Waals surface area contributed by atoms with Crippen LogP contribution in [0.1, 0.15) is 47.6 Å². The van der Waals surface area contributed by atoms with Crippen LogP contribution < -0.4 is 0 Å². The average Bonchev–Trinajstić information content (AvgIpc) is 2.18. The highest BCUT2D eigenvalue weighted by molar-refractivity contribution is 5.46. The minimum Gasteiger partial charge on any atom is -0.0654 e. The van der Waals surface area contributed by atoms with Crippen molar-refractivity contribution >= 4 is 0 Å². The Bertz CT molecular complexity index is 321. The molecule has 0 unspecified atom stereocenters. The lowest BCUT2D eigenvalue weighted by Crippen LogP contribution is -1.96. The number of rotatable bonds is 3. The summed E-state index contributed by atoms with van der Waals surface area (Å²) in [6.07, 6.45) is 4.77. The molecule has 0 saturated heterocycles. The van der Waals surface area contributed by atoms with Crippen molar-refractivity contribution in [1.82, 2.24) is 0 Å². The summed E-state index contributed by atoms with van der Waals surface area (Å²) >= 11 is 0. The molecule has 1 radical (unpaired) electrons. The highest BCUT2D eigenvalue weighted by atomic mass is 14.1. The molecule has 0 heterocycles. The molecule has 0 spiro atoms. The Morgan fingerprint density at radius 1 is 1.00 bits per heavy atom. The zero-order valence-corrected chi connectivity index (χ0v) is 10.1. The van der Waals surface area contributed by atoms with Crippen molar-refractivity contribution < 1.29 is 0 Å². The molecule has 0 bridgehead atoms. The van der Waals surface area contributed by atoms with E-state index in [9.17, 15) is 0 Å². The molecular weight excluding hydrogens is 168 g/mol. The summed E-state index contributed by atoms with van der Waals surface area (Å²) in [5.74, 6) is 0. The molecule has 0 heteroatoms. The molecule has 0 nitrogen and oxygen atoms in total. The zero-order valence-electron chi connectivity index (χ0n) is 10.1. The maximum Gasteiger partial charge on any atom is -0.00903 e. The van der Waals surface area contributed by atoms with Crippen LogP contribution >= 0.6 is 0 Å². The summed E-state index contributed by atoms with van der Waals surface area (Å²) in [6, 6.07) is 2.31. The lowest BCUT2D eigenvalue weighted by molar-refractivity contribution is 0.908. The minimum atomic E-state index is 1.18. The summed E-state index contributed by atoms with van der Waals surface area (Å²) in [6.45, 7) is 11.1. The quantitative estimate of drug-likeness (QED) is 0.666. The van der Waals surface area contributed by atoms with Crippen molar-refractivity contribution in [1.29, 1.82) is 0 Å². The van der Waals surface area contributed by atoms with Crippen molar-refractivity contribution in [3.8, 4) is 0 Å². The number of aryl methyl sites for hydroxylation is 1. The van der Waals surface area contributed by atoms with Gasteiger partial charge in [-0.2, -0.15) is 0 Å². The van der Waals surface area contributed by atoms with E-state index in [0.29, 0.717) is 0 Å². The van der Waals surface area contributed by atoms with Crippen LogP contribution in [0.4, 0.5) is 0 Å². The molecule has 0 aromatic heterocycles. The van der Waals surface area contributed by atoms with Gasteiger partial charge in [0, 0.05) is 0 Å². The molecule has 1 rings (SSSR count). The van der Waals surface area contributed by atoms with Crippen LogP contribution in [0.2, 0.25) is 0 Å². The smallest absolute Gasteiger partial charge is 0.00903 e. The molecule has 1 aromatic rings. The number of hydrogen-bond acceptors (Lipinski definition) is 0. The van der Waals surface area contributed by atoms with Gasteiger partial charge in [-0.1, -0.05) is 19.4 Å². The number of unbranched alkanes of at least 4 members (excludes halogenated alkanes) is 1. The average molecular weight is 189 g/mol. The predicted octanol–water partition coefficient (Wildman–Crippen LogP) is 4.27. The van der Waals surface area contributed by atoms with Crippen LogP contribution in [0.25, 0.3) is 0 Å². The van der Waals surface area contributed by atoms with Gasteiger partial charge in [-0.15, -0.1) is 0 Å². The van der Waals surface area contributed by atoms with Gasteiger partial charge < -0.3 is 0 Å². The molecule has 1 aromatic carbocycles. The molecule has 0 fully saturated rings. The summed E-state index contributed by atoms with van der Waals surface area (Å²) in [5.41, 5.74) is 7.17. The summed E-state index contributed by atoms with van der Waals surface area (Å²) in [5, 5.41) is 0. The molecule has 0 amide bonds. The Morgan fingerprint density at radius 2 is 1.64 bits per heavy atom. The maximum atomic E-state index is 2.36. The molecule has 0 saturated carbocycles. The van der Waals surface area contributed by atoms with E-state index in [4.69, 9.17) is 0 Å². The van der Waals surface area contributed by atoms with Gasteiger partial charge in [0.25, 0.3) is 0 Å². The summed E-state index contributed by atoms with van der Waals surface area (Å²) in [7, 11) is 0. The fraction of sp³-hybridized carbons (Fsp3) is 0.500. The molecule has 14 heavy (non-hydrogen) atoms. The van der Waals surface area contributed by atoms with Gasteiger partial charge >= 0.3 is 0 Å². The van der Waals surface area contributed by atoms with E-state index in [2.05, 4.69) is 47.1 Å². The predicted molar refractivity (Wildman–Crippen MR) is 63.7 cm³/mol. The van der Waals surface area contributed by atoms with Crippen molar-refractivity contribution in [3.05, 3.63) is 40.3 Å². The Hall–Kier alpha value is -0.780. The van der Waals surface area contributed by atoms with E-state index >= 15 is 0 Å². The zero-order chi connectivity index (χ0) is 10.7. The van der Waals surface area contributed by atoms with Crippen molar-refractivity contribution in [2.45, 2.75) is 47.5 Å². The van der Waals surface area contributed by atoms with Gasteiger partial charge in [-0.3, -0.25) is 0 Å². The highest BCUT2D eigenvalue weighted by Crippen LogP contribution is 2.23. The lowest BCUT2D eigenvalue weighted by Gasteiger charge is -2.13. The third-order valence-corrected chi connectivity index (χ3v) is 3.17. The van der Waals surface area contributed by atoms with Gasteiger partial charge in [0.1, 0.15) is 0 Å². The molecule has 0 aliphatic carbocycles. The van der Waals surface area contributed by atoms with Gasteiger partial charge in [0.2, 0.25) is 0 Å². The first kappa shape index (κ1) is 11.3. The van der Waals surface area contributed by atoms with E-state index in [0.717, 1.165) is 0 Å². The Morgan fingerprint density at radius 3 is 2.21 bits per heavy atom. The van der Waals surface area contributed by atoms with Crippen molar-refractivity contribution in [3.63, 3.8) is 0 Å². The third kappa shape index (κ3) is 2.17. The van der Waals surface area contributed by atoms with Crippen molar-refractivity contribution in [2.24, 2.45) is 0 Å². The van der Waals surface area contributed by atoms with Gasteiger partial charge in [0.05, 0.1) is 0 Å². The van der Waals surface area contributed by atoms with Gasteiger partial charge in [-0.25, -0.2) is 0 Å². The van der Waals surface area contributed by atoms with E-state index < -0.39 is 0 Å². The highest BCUT2D eigenvalue weighted by Gasteiger charge is 2.06. The lowest BCUT2D eigenvalue weighted by atomic mass is 9.92. The van der Waals surface area contributed by atoms with Crippen LogP contribution in [0.15, 0.2) is 6.07 Å². The molecule has 0 atom stereocenters. The van der Waals surface area contributed by atoms with Crippen LogP contribution in [-0.4, -0.2) is 0 Å². The molecule has 77 valence electrons. The van der Waals surface area contributed by atoms with Gasteiger partial charge in [-0.05, 0) is 68.4 Å². The fourth-order valence-electron chi connectivity index (χ4n) is 1.76. The number of benzene rings is 1. The van der Waals surface area contributed by atoms with E-state index in [1.54, 1.807) is 0 Å². The van der Waals surface area contributed by atoms with E-state index in [-0.39, 0.29) is 0 Å². The first-order chi connectivity index (χ1) is 6.57. The molecule has 0 N–H and O–H groups in total. The minimum absolute atomic E-state index is 1.18. The van der Waals surface area contributed by atoms with Crippen LogP contribution in [0.5, 0.6) is 0 Å². The third-order valence-electron chi connectivity index (χ3n) is 3.17. The van der Waals surface area contributed by atoms with Gasteiger partial charge in [0.15, 0.2) is 0 Å².